The Labute approximate surface area is 176 Å². The van der Waals surface area contributed by atoms with Gasteiger partial charge in [-0.15, -0.1) is 0 Å². The first kappa shape index (κ1) is 27.4. The van der Waals surface area contributed by atoms with Crippen LogP contribution in [0, 0.1) is 5.92 Å². The molecule has 0 heterocycles. The van der Waals surface area contributed by atoms with E-state index >= 15 is 0 Å². The zero-order valence-corrected chi connectivity index (χ0v) is 19.3. The molecule has 0 rings (SSSR count). The van der Waals surface area contributed by atoms with Crippen LogP contribution in [0.3, 0.4) is 0 Å². The number of carbonyl (C=O) groups excluding carboxylic acids is 1. The second-order valence-electron chi connectivity index (χ2n) is 8.59. The van der Waals surface area contributed by atoms with E-state index in [1.165, 1.54) is 89.9 Å². The van der Waals surface area contributed by atoms with Crippen molar-refractivity contribution in [1.29, 1.82) is 0 Å². The fourth-order valence-corrected chi connectivity index (χ4v) is 3.86. The van der Waals surface area contributed by atoms with Crippen molar-refractivity contribution in [1.82, 2.24) is 0 Å². The molecule has 28 heavy (non-hydrogen) atoms. The highest BCUT2D eigenvalue weighted by Crippen LogP contribution is 2.22. The lowest BCUT2D eigenvalue weighted by molar-refractivity contribution is -0.144. The summed E-state index contributed by atoms with van der Waals surface area (Å²) in [6.45, 7) is 5.95. The van der Waals surface area contributed by atoms with Crippen molar-refractivity contribution < 1.29 is 9.53 Å². The van der Waals surface area contributed by atoms with E-state index in [0.717, 1.165) is 38.1 Å². The Morgan fingerprint density at radius 1 is 0.679 bits per heavy atom. The van der Waals surface area contributed by atoms with Crippen molar-refractivity contribution in [2.45, 2.75) is 136 Å². The maximum atomic E-state index is 11.9. The molecule has 0 radical (unpaired) electrons. The molecule has 0 fully saturated rings. The number of ether oxygens (including phenoxy) is 1. The zero-order chi connectivity index (χ0) is 20.7. The number of carbonyl (C=O) groups is 1. The first-order valence-electron chi connectivity index (χ1n) is 12.6. The van der Waals surface area contributed by atoms with E-state index in [1.807, 2.05) is 0 Å². The molecule has 0 aliphatic heterocycles. The monoisotopic (exact) mass is 397 g/mol. The Morgan fingerprint density at radius 3 is 1.75 bits per heavy atom. The SMILES string of the molecule is CCCCCCCC(CCCCCCC)CCOC(=O)CCCCCCCN. The second kappa shape index (κ2) is 22.7. The summed E-state index contributed by atoms with van der Waals surface area (Å²) in [5.74, 6) is 0.746. The summed E-state index contributed by atoms with van der Waals surface area (Å²) in [4.78, 5) is 11.9. The van der Waals surface area contributed by atoms with Gasteiger partial charge in [-0.3, -0.25) is 4.79 Å². The summed E-state index contributed by atoms with van der Waals surface area (Å²) in [5, 5.41) is 0. The van der Waals surface area contributed by atoms with Crippen molar-refractivity contribution in [2.24, 2.45) is 11.7 Å². The van der Waals surface area contributed by atoms with Crippen LogP contribution in [0.4, 0.5) is 0 Å². The summed E-state index contributed by atoms with van der Waals surface area (Å²) in [6.07, 6.45) is 23.3. The van der Waals surface area contributed by atoms with Crippen molar-refractivity contribution in [3.05, 3.63) is 0 Å². The average molecular weight is 398 g/mol. The normalized spacial score (nSPS) is 11.3. The number of hydrogen-bond donors (Lipinski definition) is 1. The molecule has 0 atom stereocenters. The number of unbranched alkanes of at least 4 members (excludes halogenated alkanes) is 12. The first-order chi connectivity index (χ1) is 13.7. The van der Waals surface area contributed by atoms with E-state index in [2.05, 4.69) is 13.8 Å². The third-order valence-electron chi connectivity index (χ3n) is 5.81. The van der Waals surface area contributed by atoms with E-state index in [-0.39, 0.29) is 5.97 Å². The van der Waals surface area contributed by atoms with Gasteiger partial charge in [0.25, 0.3) is 0 Å². The number of nitrogens with two attached hydrogens (primary N) is 1. The topological polar surface area (TPSA) is 52.3 Å². The molecule has 0 aromatic rings. The van der Waals surface area contributed by atoms with Crippen LogP contribution in [0.5, 0.6) is 0 Å². The highest BCUT2D eigenvalue weighted by Gasteiger charge is 2.10. The van der Waals surface area contributed by atoms with Crippen molar-refractivity contribution in [3.8, 4) is 0 Å². The van der Waals surface area contributed by atoms with E-state index in [0.29, 0.717) is 13.0 Å². The van der Waals surface area contributed by atoms with E-state index in [1.54, 1.807) is 0 Å². The van der Waals surface area contributed by atoms with Gasteiger partial charge in [-0.2, -0.15) is 0 Å². The van der Waals surface area contributed by atoms with Crippen molar-refractivity contribution in [2.75, 3.05) is 13.2 Å². The molecule has 3 heteroatoms. The fraction of sp³-hybridized carbons (Fsp3) is 0.960. The van der Waals surface area contributed by atoms with Gasteiger partial charge >= 0.3 is 5.97 Å². The van der Waals surface area contributed by atoms with Crippen LogP contribution in [-0.4, -0.2) is 19.1 Å². The molecule has 0 aliphatic rings. The molecule has 0 saturated heterocycles. The van der Waals surface area contributed by atoms with Gasteiger partial charge < -0.3 is 10.5 Å². The molecule has 0 unspecified atom stereocenters. The van der Waals surface area contributed by atoms with Crippen LogP contribution in [0.15, 0.2) is 0 Å². The summed E-state index contributed by atoms with van der Waals surface area (Å²) < 4.78 is 5.53. The lowest BCUT2D eigenvalue weighted by atomic mass is 9.92. The molecule has 2 N–H and O–H groups in total. The van der Waals surface area contributed by atoms with Crippen molar-refractivity contribution in [3.63, 3.8) is 0 Å². The third kappa shape index (κ3) is 20.2. The molecular weight excluding hydrogens is 346 g/mol. The average Bonchev–Trinajstić information content (AvgIpc) is 2.69. The molecule has 0 spiro atoms. The Hall–Kier alpha value is -0.570. The Balaban J connectivity index is 3.87. The quantitative estimate of drug-likeness (QED) is 0.151. The van der Waals surface area contributed by atoms with Gasteiger partial charge in [0, 0.05) is 6.42 Å². The fourth-order valence-electron chi connectivity index (χ4n) is 3.86. The minimum Gasteiger partial charge on any atom is -0.466 e. The Kier molecular flexibility index (Phi) is 22.3. The molecular formula is C25H51NO2. The van der Waals surface area contributed by atoms with Crippen LogP contribution >= 0.6 is 0 Å². The number of esters is 1. The summed E-state index contributed by atoms with van der Waals surface area (Å²) in [7, 11) is 0. The lowest BCUT2D eigenvalue weighted by Gasteiger charge is -2.17. The van der Waals surface area contributed by atoms with Crippen molar-refractivity contribution >= 4 is 5.97 Å². The highest BCUT2D eigenvalue weighted by atomic mass is 16.5. The predicted molar refractivity (Wildman–Crippen MR) is 123 cm³/mol. The van der Waals surface area contributed by atoms with E-state index in [4.69, 9.17) is 10.5 Å². The van der Waals surface area contributed by atoms with E-state index in [9.17, 15) is 4.79 Å². The molecule has 0 aromatic carbocycles. The van der Waals surface area contributed by atoms with Gasteiger partial charge in [-0.25, -0.2) is 0 Å². The van der Waals surface area contributed by atoms with Gasteiger partial charge in [0.1, 0.15) is 0 Å². The smallest absolute Gasteiger partial charge is 0.305 e. The van der Waals surface area contributed by atoms with Crippen LogP contribution in [0.1, 0.15) is 136 Å². The highest BCUT2D eigenvalue weighted by molar-refractivity contribution is 5.69. The lowest BCUT2D eigenvalue weighted by Crippen LogP contribution is -2.10. The molecule has 0 aliphatic carbocycles. The molecule has 0 aromatic heterocycles. The maximum absolute atomic E-state index is 11.9. The minimum atomic E-state index is 0.00321. The molecule has 3 nitrogen and oxygen atoms in total. The number of hydrogen-bond acceptors (Lipinski definition) is 3. The minimum absolute atomic E-state index is 0.00321. The van der Waals surface area contributed by atoms with Gasteiger partial charge in [0.05, 0.1) is 6.61 Å². The second-order valence-corrected chi connectivity index (χ2v) is 8.59. The van der Waals surface area contributed by atoms with Gasteiger partial charge in [0.2, 0.25) is 0 Å². The van der Waals surface area contributed by atoms with Gasteiger partial charge in [0.15, 0.2) is 0 Å². The standard InChI is InChI=1S/C25H51NO2/c1-3-5-7-10-14-18-24(19-15-11-8-6-4-2)21-23-28-25(27)20-16-12-9-13-17-22-26/h24H,3-23,26H2,1-2H3. The van der Waals surface area contributed by atoms with Crippen LogP contribution in [-0.2, 0) is 9.53 Å². The zero-order valence-electron chi connectivity index (χ0n) is 19.3. The van der Waals surface area contributed by atoms with E-state index < -0.39 is 0 Å². The molecule has 0 bridgehead atoms. The maximum Gasteiger partial charge on any atom is 0.305 e. The summed E-state index contributed by atoms with van der Waals surface area (Å²) in [6, 6.07) is 0. The van der Waals surface area contributed by atoms with Crippen LogP contribution in [0.25, 0.3) is 0 Å². The Morgan fingerprint density at radius 2 is 1.18 bits per heavy atom. The largest absolute Gasteiger partial charge is 0.466 e. The Bertz CT molecular complexity index is 306. The molecule has 0 saturated carbocycles. The first-order valence-corrected chi connectivity index (χ1v) is 12.6. The van der Waals surface area contributed by atoms with Crippen LogP contribution < -0.4 is 5.73 Å². The third-order valence-corrected chi connectivity index (χ3v) is 5.81. The summed E-state index contributed by atoms with van der Waals surface area (Å²) >= 11 is 0. The van der Waals surface area contributed by atoms with Gasteiger partial charge in [-0.1, -0.05) is 110 Å². The van der Waals surface area contributed by atoms with Crippen LogP contribution in [0.2, 0.25) is 0 Å². The number of rotatable bonds is 22. The predicted octanol–water partition coefficient (Wildman–Crippen LogP) is 7.56. The molecule has 0 amide bonds. The summed E-state index contributed by atoms with van der Waals surface area (Å²) in [5.41, 5.74) is 5.50. The van der Waals surface area contributed by atoms with Gasteiger partial charge in [-0.05, 0) is 31.7 Å². The molecule has 168 valence electrons.